The zero-order valence-electron chi connectivity index (χ0n) is 12.5. The van der Waals surface area contributed by atoms with E-state index < -0.39 is 18.0 Å². The third-order valence-corrected chi connectivity index (χ3v) is 2.98. The van der Waals surface area contributed by atoms with Crippen molar-refractivity contribution in [3.63, 3.8) is 0 Å². The number of aliphatic hydroxyl groups excluding tert-OH is 1. The van der Waals surface area contributed by atoms with Crippen LogP contribution in [0.5, 0.6) is 0 Å². The molecule has 0 aliphatic carbocycles. The van der Waals surface area contributed by atoms with E-state index in [1.54, 1.807) is 13.0 Å². The molecule has 2 unspecified atom stereocenters. The average molecular weight is 291 g/mol. The first-order valence-corrected chi connectivity index (χ1v) is 6.74. The maximum Gasteiger partial charge on any atom is 0.308 e. The normalized spacial score (nSPS) is 14.2. The van der Waals surface area contributed by atoms with Crippen molar-refractivity contribution < 1.29 is 19.4 Å². The van der Waals surface area contributed by atoms with E-state index >= 15 is 0 Å². The maximum absolute atomic E-state index is 11.4. The summed E-state index contributed by atoms with van der Waals surface area (Å²) in [5, 5.41) is 12.9. The molecule has 114 valence electrons. The van der Waals surface area contributed by atoms with Crippen LogP contribution >= 0.6 is 0 Å². The maximum atomic E-state index is 11.4. The molecule has 0 aliphatic heterocycles. The van der Waals surface area contributed by atoms with Crippen molar-refractivity contribution >= 4 is 18.0 Å². The second-order valence-corrected chi connectivity index (χ2v) is 4.87. The van der Waals surface area contributed by atoms with Gasteiger partial charge in [-0.3, -0.25) is 9.59 Å². The molecule has 0 saturated carbocycles. The second kappa shape index (κ2) is 8.21. The number of hydrogen-bond donors (Lipinski definition) is 2. The lowest BCUT2D eigenvalue weighted by molar-refractivity contribution is -0.145. The molecule has 1 rings (SSSR count). The highest BCUT2D eigenvalue weighted by Crippen LogP contribution is 2.15. The number of carbonyl (C=O) groups excluding carboxylic acids is 2. The predicted octanol–water partition coefficient (Wildman–Crippen LogP) is 1.72. The zero-order chi connectivity index (χ0) is 15.8. The predicted molar refractivity (Wildman–Crippen MR) is 80.0 cm³/mol. The molecule has 2 atom stereocenters. The Morgan fingerprint density at radius 1 is 1.33 bits per heavy atom. The van der Waals surface area contributed by atoms with Crippen molar-refractivity contribution in [2.24, 2.45) is 5.92 Å². The summed E-state index contributed by atoms with van der Waals surface area (Å²) in [6, 6.07) is 9.32. The van der Waals surface area contributed by atoms with E-state index in [-0.39, 0.29) is 12.3 Å². The third-order valence-electron chi connectivity index (χ3n) is 2.98. The molecule has 21 heavy (non-hydrogen) atoms. The number of ether oxygens (including phenoxy) is 1. The molecule has 1 aromatic rings. The molecule has 5 heteroatoms. The van der Waals surface area contributed by atoms with Crippen LogP contribution in [0.1, 0.15) is 25.8 Å². The summed E-state index contributed by atoms with van der Waals surface area (Å²) in [6.07, 6.45) is 0.907. The molecule has 5 nitrogen and oxygen atoms in total. The van der Waals surface area contributed by atoms with Crippen molar-refractivity contribution in [3.05, 3.63) is 41.6 Å². The van der Waals surface area contributed by atoms with Gasteiger partial charge in [-0.05, 0) is 18.1 Å². The van der Waals surface area contributed by atoms with Crippen LogP contribution in [0.15, 0.2) is 36.0 Å². The van der Waals surface area contributed by atoms with E-state index in [9.17, 15) is 14.7 Å². The minimum absolute atomic E-state index is 0.172. The van der Waals surface area contributed by atoms with Gasteiger partial charge in [0.1, 0.15) is 0 Å². The lowest BCUT2D eigenvalue weighted by Crippen LogP contribution is -2.30. The minimum atomic E-state index is -0.955. The molecule has 0 fully saturated rings. The Morgan fingerprint density at radius 2 is 1.95 bits per heavy atom. The zero-order valence-corrected chi connectivity index (χ0v) is 12.5. The summed E-state index contributed by atoms with van der Waals surface area (Å²) in [7, 11) is 1.31. The van der Waals surface area contributed by atoms with Crippen LogP contribution in [0.3, 0.4) is 0 Å². The van der Waals surface area contributed by atoms with Gasteiger partial charge in [-0.25, -0.2) is 0 Å². The van der Waals surface area contributed by atoms with Gasteiger partial charge in [-0.1, -0.05) is 37.3 Å². The lowest BCUT2D eigenvalue weighted by atomic mass is 10.0. The third kappa shape index (κ3) is 5.79. The van der Waals surface area contributed by atoms with E-state index in [2.05, 4.69) is 10.1 Å². The summed E-state index contributed by atoms with van der Waals surface area (Å²) in [6.45, 7) is 3.04. The molecule has 0 heterocycles. The molecule has 0 aromatic heterocycles. The van der Waals surface area contributed by atoms with E-state index in [0.29, 0.717) is 5.70 Å². The molecule has 0 aliphatic rings. The highest BCUT2D eigenvalue weighted by Gasteiger charge is 2.21. The van der Waals surface area contributed by atoms with Gasteiger partial charge in [0.05, 0.1) is 19.1 Å². The van der Waals surface area contributed by atoms with Gasteiger partial charge in [0.15, 0.2) is 0 Å². The number of nitrogens with one attached hydrogen (secondary N) is 1. The van der Waals surface area contributed by atoms with Gasteiger partial charge in [0.25, 0.3) is 0 Å². The van der Waals surface area contributed by atoms with Crippen molar-refractivity contribution in [3.8, 4) is 0 Å². The summed E-state index contributed by atoms with van der Waals surface area (Å²) >= 11 is 0. The van der Waals surface area contributed by atoms with Gasteiger partial charge >= 0.3 is 5.97 Å². The molecule has 0 saturated heterocycles. The quantitative estimate of drug-likeness (QED) is 0.783. The molecule has 1 amide bonds. The molecule has 1 aromatic carbocycles. The smallest absolute Gasteiger partial charge is 0.308 e. The SMILES string of the molecule is COC(=O)C(C)CC(O)C(=Cc1ccccc1)NC(C)=O. The highest BCUT2D eigenvalue weighted by atomic mass is 16.5. The van der Waals surface area contributed by atoms with Crippen LogP contribution in [0.2, 0.25) is 0 Å². The Balaban J connectivity index is 2.89. The largest absolute Gasteiger partial charge is 0.469 e. The summed E-state index contributed by atoms with van der Waals surface area (Å²) in [4.78, 5) is 22.7. The number of methoxy groups -OCH3 is 1. The van der Waals surface area contributed by atoms with E-state index in [1.807, 2.05) is 30.3 Å². The Hall–Kier alpha value is -2.14. The van der Waals surface area contributed by atoms with Crippen molar-refractivity contribution in [1.29, 1.82) is 0 Å². The van der Waals surface area contributed by atoms with Crippen LogP contribution in [0, 0.1) is 5.92 Å². The van der Waals surface area contributed by atoms with Crippen LogP contribution in [0.25, 0.3) is 6.08 Å². The molecular weight excluding hydrogens is 270 g/mol. The van der Waals surface area contributed by atoms with Crippen LogP contribution in [0.4, 0.5) is 0 Å². The fraction of sp³-hybridized carbons (Fsp3) is 0.375. The van der Waals surface area contributed by atoms with E-state index in [1.165, 1.54) is 14.0 Å². The monoisotopic (exact) mass is 291 g/mol. The minimum Gasteiger partial charge on any atom is -0.469 e. The van der Waals surface area contributed by atoms with Gasteiger partial charge in [0, 0.05) is 12.6 Å². The summed E-state index contributed by atoms with van der Waals surface area (Å²) in [5.41, 5.74) is 1.22. The molecular formula is C16H21NO4. The van der Waals surface area contributed by atoms with E-state index in [4.69, 9.17) is 0 Å². The number of hydrogen-bond acceptors (Lipinski definition) is 4. The van der Waals surface area contributed by atoms with Gasteiger partial charge in [-0.15, -0.1) is 0 Å². The van der Waals surface area contributed by atoms with E-state index in [0.717, 1.165) is 5.56 Å². The molecule has 0 radical (unpaired) electrons. The van der Waals surface area contributed by atoms with Crippen molar-refractivity contribution in [1.82, 2.24) is 5.32 Å². The molecule has 0 bridgehead atoms. The lowest BCUT2D eigenvalue weighted by Gasteiger charge is -2.18. The molecule has 0 spiro atoms. The topological polar surface area (TPSA) is 75.6 Å². The summed E-state index contributed by atoms with van der Waals surface area (Å²) < 4.78 is 4.64. The Kier molecular flexibility index (Phi) is 6.62. The first kappa shape index (κ1) is 16.9. The number of aliphatic hydroxyl groups is 1. The number of benzene rings is 1. The Bertz CT molecular complexity index is 510. The standard InChI is InChI=1S/C16H21NO4/c1-11(16(20)21-3)9-15(19)14(17-12(2)18)10-13-7-5-4-6-8-13/h4-8,10-11,15,19H,9H2,1-3H3,(H,17,18). The van der Waals surface area contributed by atoms with Crippen LogP contribution in [-0.4, -0.2) is 30.2 Å². The average Bonchev–Trinajstić information content (AvgIpc) is 2.46. The van der Waals surface area contributed by atoms with Crippen LogP contribution in [-0.2, 0) is 14.3 Å². The number of amides is 1. The number of carbonyl (C=O) groups is 2. The van der Waals surface area contributed by atoms with Crippen molar-refractivity contribution in [2.45, 2.75) is 26.4 Å². The van der Waals surface area contributed by atoms with Gasteiger partial charge < -0.3 is 15.2 Å². The first-order chi connectivity index (χ1) is 9.93. The van der Waals surface area contributed by atoms with Crippen LogP contribution < -0.4 is 5.32 Å². The fourth-order valence-corrected chi connectivity index (χ4v) is 1.91. The Labute approximate surface area is 124 Å². The Morgan fingerprint density at radius 3 is 2.48 bits per heavy atom. The fourth-order valence-electron chi connectivity index (χ4n) is 1.91. The molecule has 2 N–H and O–H groups in total. The van der Waals surface area contributed by atoms with Crippen molar-refractivity contribution in [2.75, 3.05) is 7.11 Å². The first-order valence-electron chi connectivity index (χ1n) is 6.74. The second-order valence-electron chi connectivity index (χ2n) is 4.87. The van der Waals surface area contributed by atoms with Gasteiger partial charge in [0.2, 0.25) is 5.91 Å². The number of esters is 1. The van der Waals surface area contributed by atoms with Gasteiger partial charge in [-0.2, -0.15) is 0 Å². The summed E-state index contributed by atoms with van der Waals surface area (Å²) in [5.74, 6) is -1.13. The highest BCUT2D eigenvalue weighted by molar-refractivity contribution is 5.77. The number of rotatable bonds is 6.